The highest BCUT2D eigenvalue weighted by Gasteiger charge is 1.91. The Balaban J connectivity index is 2.91. The van der Waals surface area contributed by atoms with E-state index in [4.69, 9.17) is 5.21 Å². The van der Waals surface area contributed by atoms with E-state index in [1.807, 2.05) is 19.1 Å². The van der Waals surface area contributed by atoms with Gasteiger partial charge in [-0.05, 0) is 18.6 Å². The van der Waals surface area contributed by atoms with Crippen molar-refractivity contribution in [2.75, 3.05) is 0 Å². The van der Waals surface area contributed by atoms with Crippen LogP contribution in [0.1, 0.15) is 18.3 Å². The number of hydrogen-bond donors (Lipinski definition) is 1. The van der Waals surface area contributed by atoms with E-state index >= 15 is 0 Å². The van der Waals surface area contributed by atoms with E-state index in [1.54, 1.807) is 6.07 Å². The second-order valence-electron chi connectivity index (χ2n) is 2.15. The van der Waals surface area contributed by atoms with Gasteiger partial charge in [0.25, 0.3) is 0 Å². The minimum atomic E-state index is 0.687. The Morgan fingerprint density at radius 1 is 1.64 bits per heavy atom. The van der Waals surface area contributed by atoms with E-state index < -0.39 is 0 Å². The molecule has 0 saturated heterocycles. The molecule has 0 aliphatic rings. The number of rotatable bonds is 2. The van der Waals surface area contributed by atoms with Crippen LogP contribution in [0.3, 0.4) is 0 Å². The van der Waals surface area contributed by atoms with Crippen molar-refractivity contribution < 1.29 is 5.21 Å². The molecule has 58 valence electrons. The van der Waals surface area contributed by atoms with Crippen LogP contribution in [-0.4, -0.2) is 16.4 Å². The van der Waals surface area contributed by atoms with Crippen molar-refractivity contribution in [1.29, 1.82) is 0 Å². The molecule has 0 spiro atoms. The Kier molecular flexibility index (Phi) is 2.60. The molecule has 0 unspecified atom stereocenters. The summed E-state index contributed by atoms with van der Waals surface area (Å²) in [6.45, 7) is 2.03. The number of oxime groups is 1. The van der Waals surface area contributed by atoms with Gasteiger partial charge in [0.2, 0.25) is 0 Å². The largest absolute Gasteiger partial charge is 0.411 e. The number of aromatic nitrogens is 1. The molecule has 0 fully saturated rings. The van der Waals surface area contributed by atoms with Crippen molar-refractivity contribution in [3.63, 3.8) is 0 Å². The standard InChI is InChI=1S/C8H10N2O/c1-2-7-4-3-5-8(10-7)6-9-11/h3-6,11H,2H2,1H3/b9-6+. The van der Waals surface area contributed by atoms with Crippen LogP contribution in [0, 0.1) is 0 Å². The lowest BCUT2D eigenvalue weighted by Gasteiger charge is -1.95. The average molecular weight is 150 g/mol. The summed E-state index contributed by atoms with van der Waals surface area (Å²) in [6.07, 6.45) is 2.21. The average Bonchev–Trinajstić information content (AvgIpc) is 2.06. The maximum atomic E-state index is 8.21. The maximum Gasteiger partial charge on any atom is 0.0918 e. The van der Waals surface area contributed by atoms with Crippen LogP contribution in [0.25, 0.3) is 0 Å². The van der Waals surface area contributed by atoms with Crippen LogP contribution in [0.2, 0.25) is 0 Å². The van der Waals surface area contributed by atoms with Crippen molar-refractivity contribution in [3.8, 4) is 0 Å². The third-order valence-electron chi connectivity index (χ3n) is 1.38. The Morgan fingerprint density at radius 2 is 2.45 bits per heavy atom. The first-order valence-electron chi connectivity index (χ1n) is 3.50. The van der Waals surface area contributed by atoms with Crippen molar-refractivity contribution >= 4 is 6.21 Å². The Bertz CT molecular complexity index is 258. The van der Waals surface area contributed by atoms with Crippen molar-refractivity contribution in [1.82, 2.24) is 4.98 Å². The lowest BCUT2D eigenvalue weighted by molar-refractivity contribution is 0.321. The van der Waals surface area contributed by atoms with E-state index in [0.29, 0.717) is 5.69 Å². The number of aryl methyl sites for hydroxylation is 1. The summed E-state index contributed by atoms with van der Waals surface area (Å²) in [5, 5.41) is 11.1. The van der Waals surface area contributed by atoms with Gasteiger partial charge < -0.3 is 5.21 Å². The summed E-state index contributed by atoms with van der Waals surface area (Å²) < 4.78 is 0. The predicted octanol–water partition coefficient (Wildman–Crippen LogP) is 1.45. The lowest BCUT2D eigenvalue weighted by Crippen LogP contribution is -1.91. The first kappa shape index (κ1) is 7.72. The summed E-state index contributed by atoms with van der Waals surface area (Å²) in [4.78, 5) is 4.17. The van der Waals surface area contributed by atoms with Gasteiger partial charge in [0.1, 0.15) is 0 Å². The Morgan fingerprint density at radius 3 is 3.09 bits per heavy atom. The fraction of sp³-hybridized carbons (Fsp3) is 0.250. The van der Waals surface area contributed by atoms with Gasteiger partial charge in [0.05, 0.1) is 11.9 Å². The topological polar surface area (TPSA) is 45.5 Å². The molecule has 1 rings (SSSR count). The molecule has 3 heteroatoms. The van der Waals surface area contributed by atoms with E-state index in [9.17, 15) is 0 Å². The molecule has 1 aromatic heterocycles. The number of hydrogen-bond acceptors (Lipinski definition) is 3. The highest BCUT2D eigenvalue weighted by molar-refractivity contribution is 5.76. The van der Waals surface area contributed by atoms with Crippen LogP contribution in [0.4, 0.5) is 0 Å². The van der Waals surface area contributed by atoms with Gasteiger partial charge in [-0.1, -0.05) is 18.1 Å². The molecule has 0 aliphatic carbocycles. The molecule has 0 amide bonds. The molecular formula is C8H10N2O. The first-order chi connectivity index (χ1) is 5.36. The van der Waals surface area contributed by atoms with Crippen molar-refractivity contribution in [3.05, 3.63) is 29.6 Å². The van der Waals surface area contributed by atoms with Crippen LogP contribution < -0.4 is 0 Å². The minimum absolute atomic E-state index is 0.687. The summed E-state index contributed by atoms with van der Waals surface area (Å²) in [5.74, 6) is 0. The van der Waals surface area contributed by atoms with Crippen LogP contribution >= 0.6 is 0 Å². The molecule has 0 bridgehead atoms. The summed E-state index contributed by atoms with van der Waals surface area (Å²) in [5.41, 5.74) is 1.69. The van der Waals surface area contributed by atoms with Gasteiger partial charge in [0, 0.05) is 5.69 Å². The van der Waals surface area contributed by atoms with Crippen LogP contribution in [0.5, 0.6) is 0 Å². The van der Waals surface area contributed by atoms with Gasteiger partial charge in [0.15, 0.2) is 0 Å². The fourth-order valence-corrected chi connectivity index (χ4v) is 0.826. The summed E-state index contributed by atoms with van der Waals surface area (Å²) >= 11 is 0. The van der Waals surface area contributed by atoms with Gasteiger partial charge in [-0.3, -0.25) is 4.98 Å². The molecule has 0 saturated carbocycles. The zero-order chi connectivity index (χ0) is 8.10. The molecule has 0 aromatic carbocycles. The molecule has 3 nitrogen and oxygen atoms in total. The Labute approximate surface area is 65.4 Å². The minimum Gasteiger partial charge on any atom is -0.411 e. The first-order valence-corrected chi connectivity index (χ1v) is 3.50. The smallest absolute Gasteiger partial charge is 0.0918 e. The van der Waals surface area contributed by atoms with Crippen LogP contribution in [-0.2, 0) is 6.42 Å². The van der Waals surface area contributed by atoms with E-state index in [-0.39, 0.29) is 0 Å². The third-order valence-corrected chi connectivity index (χ3v) is 1.38. The van der Waals surface area contributed by atoms with E-state index in [0.717, 1.165) is 12.1 Å². The SMILES string of the molecule is CCc1cccc(/C=N/O)n1. The summed E-state index contributed by atoms with van der Waals surface area (Å²) in [7, 11) is 0. The van der Waals surface area contributed by atoms with Gasteiger partial charge in [-0.15, -0.1) is 0 Å². The molecule has 0 atom stereocenters. The fourth-order valence-electron chi connectivity index (χ4n) is 0.826. The number of nitrogens with zero attached hydrogens (tertiary/aromatic N) is 2. The lowest BCUT2D eigenvalue weighted by atomic mass is 10.2. The molecule has 11 heavy (non-hydrogen) atoms. The summed E-state index contributed by atoms with van der Waals surface area (Å²) in [6, 6.07) is 5.62. The van der Waals surface area contributed by atoms with Crippen molar-refractivity contribution in [2.24, 2.45) is 5.16 Å². The third kappa shape index (κ3) is 2.04. The zero-order valence-electron chi connectivity index (χ0n) is 6.36. The number of pyridine rings is 1. The molecule has 0 aliphatic heterocycles. The molecule has 1 heterocycles. The molecular weight excluding hydrogens is 140 g/mol. The quantitative estimate of drug-likeness (QED) is 0.394. The second kappa shape index (κ2) is 3.71. The predicted molar refractivity (Wildman–Crippen MR) is 43.0 cm³/mol. The van der Waals surface area contributed by atoms with E-state index in [1.165, 1.54) is 6.21 Å². The monoisotopic (exact) mass is 150 g/mol. The normalized spacial score (nSPS) is 10.6. The van der Waals surface area contributed by atoms with Gasteiger partial charge >= 0.3 is 0 Å². The maximum absolute atomic E-state index is 8.21. The van der Waals surface area contributed by atoms with Crippen molar-refractivity contribution in [2.45, 2.75) is 13.3 Å². The molecule has 1 aromatic rings. The molecule has 1 N–H and O–H groups in total. The highest BCUT2D eigenvalue weighted by Crippen LogP contribution is 1.97. The second-order valence-corrected chi connectivity index (χ2v) is 2.15. The highest BCUT2D eigenvalue weighted by atomic mass is 16.4. The van der Waals surface area contributed by atoms with Gasteiger partial charge in [-0.25, -0.2) is 0 Å². The van der Waals surface area contributed by atoms with Crippen LogP contribution in [0.15, 0.2) is 23.4 Å². The van der Waals surface area contributed by atoms with E-state index in [2.05, 4.69) is 10.1 Å². The molecule has 0 radical (unpaired) electrons. The zero-order valence-corrected chi connectivity index (χ0v) is 6.36. The van der Waals surface area contributed by atoms with Gasteiger partial charge in [-0.2, -0.15) is 0 Å². The Hall–Kier alpha value is -1.38.